The minimum Gasteiger partial charge on any atom is -0.0610 e. The summed E-state index contributed by atoms with van der Waals surface area (Å²) in [7, 11) is 0. The molecule has 4 aromatic carbocycles. The van der Waals surface area contributed by atoms with Gasteiger partial charge in [0, 0.05) is 8.95 Å². The van der Waals surface area contributed by atoms with E-state index in [1.165, 1.54) is 32.3 Å². The highest BCUT2D eigenvalue weighted by Crippen LogP contribution is 2.41. The molecule has 0 radical (unpaired) electrons. The summed E-state index contributed by atoms with van der Waals surface area (Å²) >= 11 is 7.37. The molecule has 0 fully saturated rings. The molecule has 0 aromatic heterocycles. The monoisotopic (exact) mass is 358 g/mol. The van der Waals surface area contributed by atoms with Gasteiger partial charge in [0.1, 0.15) is 0 Å². The van der Waals surface area contributed by atoms with Crippen LogP contribution in [0.4, 0.5) is 0 Å². The van der Waals surface area contributed by atoms with Gasteiger partial charge < -0.3 is 0 Å². The van der Waals surface area contributed by atoms with Gasteiger partial charge in [0.15, 0.2) is 0 Å². The van der Waals surface area contributed by atoms with Gasteiger partial charge in [0.05, 0.1) is 0 Å². The molecule has 0 saturated heterocycles. The number of hydrogen-bond acceptors (Lipinski definition) is 0. The summed E-state index contributed by atoms with van der Waals surface area (Å²) in [5.41, 5.74) is 0. The van der Waals surface area contributed by atoms with Crippen molar-refractivity contribution in [2.45, 2.75) is 0 Å². The maximum Gasteiger partial charge on any atom is 0.0260 e. The Morgan fingerprint density at radius 2 is 1.11 bits per heavy atom. The van der Waals surface area contributed by atoms with Crippen molar-refractivity contribution in [3.05, 3.63) is 57.5 Å². The first-order chi connectivity index (χ1) is 8.75. The lowest BCUT2D eigenvalue weighted by Gasteiger charge is -2.13. The van der Waals surface area contributed by atoms with Crippen molar-refractivity contribution in [1.29, 1.82) is 0 Å². The molecule has 18 heavy (non-hydrogen) atoms. The fourth-order valence-corrected chi connectivity index (χ4v) is 3.92. The number of benzene rings is 4. The van der Waals surface area contributed by atoms with Crippen LogP contribution in [0.3, 0.4) is 0 Å². The average Bonchev–Trinajstić information content (AvgIpc) is 2.38. The van der Waals surface area contributed by atoms with E-state index in [-0.39, 0.29) is 0 Å². The molecule has 0 N–H and O–H groups in total. The molecule has 0 saturated carbocycles. The molecule has 86 valence electrons. The molecule has 0 aliphatic carbocycles. The van der Waals surface area contributed by atoms with Gasteiger partial charge in [0.25, 0.3) is 0 Å². The summed E-state index contributed by atoms with van der Waals surface area (Å²) in [6, 6.07) is 17.3. The van der Waals surface area contributed by atoms with Crippen molar-refractivity contribution in [3.63, 3.8) is 0 Å². The lowest BCUT2D eigenvalue weighted by atomic mass is 9.94. The third-order valence-corrected chi connectivity index (χ3v) is 4.83. The SMILES string of the molecule is Brc1cc2cccc3cc(Br)c4cccc1c4c23. The molecule has 0 heterocycles. The van der Waals surface area contributed by atoms with E-state index in [2.05, 4.69) is 80.4 Å². The lowest BCUT2D eigenvalue weighted by Crippen LogP contribution is -1.85. The smallest absolute Gasteiger partial charge is 0.0260 e. The van der Waals surface area contributed by atoms with Crippen LogP contribution in [0.25, 0.3) is 32.3 Å². The van der Waals surface area contributed by atoms with Crippen molar-refractivity contribution < 1.29 is 0 Å². The summed E-state index contributed by atoms with van der Waals surface area (Å²) < 4.78 is 2.32. The summed E-state index contributed by atoms with van der Waals surface area (Å²) in [6.45, 7) is 0. The molecular weight excluding hydrogens is 352 g/mol. The quantitative estimate of drug-likeness (QED) is 0.332. The van der Waals surface area contributed by atoms with Crippen molar-refractivity contribution >= 4 is 64.2 Å². The maximum absolute atomic E-state index is 3.69. The van der Waals surface area contributed by atoms with Gasteiger partial charge in [-0.1, -0.05) is 68.3 Å². The molecule has 0 amide bonds. The van der Waals surface area contributed by atoms with E-state index in [0.717, 1.165) is 8.95 Å². The zero-order valence-electron chi connectivity index (χ0n) is 9.37. The molecule has 0 spiro atoms. The summed E-state index contributed by atoms with van der Waals surface area (Å²) in [6.07, 6.45) is 0. The van der Waals surface area contributed by atoms with E-state index in [1.807, 2.05) is 0 Å². The van der Waals surface area contributed by atoms with Crippen molar-refractivity contribution in [1.82, 2.24) is 0 Å². The highest BCUT2D eigenvalue weighted by atomic mass is 79.9. The third-order valence-electron chi connectivity index (χ3n) is 3.52. The summed E-state index contributed by atoms with van der Waals surface area (Å²) in [5.74, 6) is 0. The normalized spacial score (nSPS) is 11.9. The predicted molar refractivity (Wildman–Crippen MR) is 85.5 cm³/mol. The molecule has 2 heteroatoms. The topological polar surface area (TPSA) is 0 Å². The number of hydrogen-bond donors (Lipinski definition) is 0. The average molecular weight is 360 g/mol. The minimum atomic E-state index is 1.16. The van der Waals surface area contributed by atoms with Crippen LogP contribution in [0.5, 0.6) is 0 Å². The second kappa shape index (κ2) is 3.69. The Balaban J connectivity index is 2.51. The highest BCUT2D eigenvalue weighted by Gasteiger charge is 2.12. The van der Waals surface area contributed by atoms with Crippen molar-refractivity contribution in [2.75, 3.05) is 0 Å². The van der Waals surface area contributed by atoms with Crippen molar-refractivity contribution in [3.8, 4) is 0 Å². The molecule has 0 aliphatic heterocycles. The number of rotatable bonds is 0. The van der Waals surface area contributed by atoms with Crippen LogP contribution in [0.2, 0.25) is 0 Å². The van der Waals surface area contributed by atoms with Gasteiger partial charge in [-0.2, -0.15) is 0 Å². The second-order valence-electron chi connectivity index (χ2n) is 4.52. The Morgan fingerprint density at radius 3 is 1.67 bits per heavy atom. The fourth-order valence-electron chi connectivity index (χ4n) is 2.77. The van der Waals surface area contributed by atoms with Crippen LogP contribution in [0.15, 0.2) is 57.5 Å². The fraction of sp³-hybridized carbons (Fsp3) is 0. The minimum absolute atomic E-state index is 1.16. The zero-order valence-corrected chi connectivity index (χ0v) is 12.5. The summed E-state index contributed by atoms with van der Waals surface area (Å²) in [4.78, 5) is 0. The summed E-state index contributed by atoms with van der Waals surface area (Å²) in [5, 5.41) is 7.82. The van der Waals surface area contributed by atoms with E-state index < -0.39 is 0 Å². The first-order valence-corrected chi connectivity index (χ1v) is 7.36. The second-order valence-corrected chi connectivity index (χ2v) is 6.23. The van der Waals surface area contributed by atoms with Crippen molar-refractivity contribution in [2.24, 2.45) is 0 Å². The highest BCUT2D eigenvalue weighted by molar-refractivity contribution is 9.11. The van der Waals surface area contributed by atoms with E-state index in [0.29, 0.717) is 0 Å². The maximum atomic E-state index is 3.69. The van der Waals surface area contributed by atoms with E-state index in [1.54, 1.807) is 0 Å². The zero-order chi connectivity index (χ0) is 12.3. The van der Waals surface area contributed by atoms with Crippen LogP contribution in [0.1, 0.15) is 0 Å². The molecular formula is C16H8Br2. The Hall–Kier alpha value is -1.12. The van der Waals surface area contributed by atoms with Gasteiger partial charge in [-0.3, -0.25) is 0 Å². The van der Waals surface area contributed by atoms with Gasteiger partial charge in [0.2, 0.25) is 0 Å². The van der Waals surface area contributed by atoms with E-state index >= 15 is 0 Å². The Kier molecular flexibility index (Phi) is 2.21. The molecule has 0 bridgehead atoms. The largest absolute Gasteiger partial charge is 0.0610 e. The van der Waals surface area contributed by atoms with Gasteiger partial charge in [-0.15, -0.1) is 0 Å². The molecule has 0 unspecified atom stereocenters. The Morgan fingerprint density at radius 1 is 0.611 bits per heavy atom. The predicted octanol–water partition coefficient (Wildman–Crippen LogP) is 6.11. The van der Waals surface area contributed by atoms with Crippen LogP contribution < -0.4 is 0 Å². The molecule has 4 aromatic rings. The Labute approximate surface area is 121 Å². The van der Waals surface area contributed by atoms with Gasteiger partial charge in [-0.25, -0.2) is 0 Å². The lowest BCUT2D eigenvalue weighted by molar-refractivity contribution is 1.73. The molecule has 0 nitrogen and oxygen atoms in total. The van der Waals surface area contributed by atoms with Crippen LogP contribution in [-0.2, 0) is 0 Å². The van der Waals surface area contributed by atoms with Gasteiger partial charge >= 0.3 is 0 Å². The van der Waals surface area contributed by atoms with Crippen LogP contribution >= 0.6 is 31.9 Å². The third kappa shape index (κ3) is 1.30. The van der Waals surface area contributed by atoms with Crippen LogP contribution in [0, 0.1) is 0 Å². The first-order valence-electron chi connectivity index (χ1n) is 5.77. The van der Waals surface area contributed by atoms with E-state index in [4.69, 9.17) is 0 Å². The first kappa shape index (κ1) is 10.8. The molecule has 0 atom stereocenters. The van der Waals surface area contributed by atoms with Crippen LogP contribution in [-0.4, -0.2) is 0 Å². The van der Waals surface area contributed by atoms with E-state index in [9.17, 15) is 0 Å². The number of halogens is 2. The standard InChI is InChI=1S/C16H8Br2/c17-13-7-9-3-1-4-10-8-14(18)12-6-2-5-11(13)16(12)15(9)10/h1-8H. The molecule has 0 aliphatic rings. The van der Waals surface area contributed by atoms with Gasteiger partial charge in [-0.05, 0) is 44.5 Å². The Bertz CT molecular complexity index is 827. The molecule has 4 rings (SSSR count).